The second-order valence-corrected chi connectivity index (χ2v) is 3.98. The number of benzene rings is 1. The van der Waals surface area contributed by atoms with Gasteiger partial charge in [-0.2, -0.15) is 4.89 Å². The molecule has 0 saturated heterocycles. The molecule has 0 bridgehead atoms. The van der Waals surface area contributed by atoms with Gasteiger partial charge >= 0.3 is 5.97 Å². The third-order valence-electron chi connectivity index (χ3n) is 2.82. The molecule has 0 spiro atoms. The summed E-state index contributed by atoms with van der Waals surface area (Å²) in [7, 11) is 0. The fraction of sp³-hybridized carbons (Fsp3) is 0.462. The highest BCUT2D eigenvalue weighted by Gasteiger charge is 2.24. The Bertz CT molecular complexity index is 328. The Morgan fingerprint density at radius 2 is 1.75 bits per heavy atom. The number of carbonyl (C=O) groups excluding carboxylic acids is 1. The maximum Gasteiger partial charge on any atom is 0.373 e. The summed E-state index contributed by atoms with van der Waals surface area (Å²) in [5, 5.41) is 0. The molecule has 3 nitrogen and oxygen atoms in total. The zero-order chi connectivity index (χ0) is 12.0. The van der Waals surface area contributed by atoms with Crippen LogP contribution in [-0.4, -0.2) is 11.6 Å². The lowest BCUT2D eigenvalue weighted by atomic mass is 10.0. The molecule has 0 aliphatic rings. The topological polar surface area (TPSA) is 35.5 Å². The molecule has 1 aromatic rings. The average Bonchev–Trinajstić information content (AvgIpc) is 2.36. The zero-order valence-electron chi connectivity index (χ0n) is 10.0. The molecule has 1 rings (SSSR count). The van der Waals surface area contributed by atoms with E-state index in [-0.39, 0.29) is 0 Å². The first-order chi connectivity index (χ1) is 7.61. The number of carbonyl (C=O) groups is 1. The summed E-state index contributed by atoms with van der Waals surface area (Å²) in [6, 6.07) is 8.81. The molecule has 0 unspecified atom stereocenters. The van der Waals surface area contributed by atoms with Crippen LogP contribution in [0.5, 0.6) is 0 Å². The van der Waals surface area contributed by atoms with E-state index >= 15 is 0 Å². The van der Waals surface area contributed by atoms with Gasteiger partial charge in [-0.15, -0.1) is 0 Å². The molecule has 0 radical (unpaired) electrons. The molecule has 0 aliphatic heterocycles. The molecule has 16 heavy (non-hydrogen) atoms. The van der Waals surface area contributed by atoms with Crippen molar-refractivity contribution in [2.24, 2.45) is 0 Å². The van der Waals surface area contributed by atoms with Crippen molar-refractivity contribution in [2.75, 3.05) is 0 Å². The van der Waals surface area contributed by atoms with E-state index in [1.165, 1.54) is 0 Å². The number of rotatable bonds is 5. The summed E-state index contributed by atoms with van der Waals surface area (Å²) in [6.45, 7) is 5.92. The van der Waals surface area contributed by atoms with E-state index in [4.69, 9.17) is 9.78 Å². The van der Waals surface area contributed by atoms with Gasteiger partial charge in [0.2, 0.25) is 0 Å². The Kier molecular flexibility index (Phi) is 4.50. The van der Waals surface area contributed by atoms with Crippen molar-refractivity contribution >= 4 is 5.97 Å². The van der Waals surface area contributed by atoms with Gasteiger partial charge in [0.1, 0.15) is 5.60 Å². The van der Waals surface area contributed by atoms with Gasteiger partial charge in [0.05, 0.1) is 5.56 Å². The molecule has 0 N–H and O–H groups in total. The standard InChI is InChI=1S/C13H18O3/c1-4-13(3,5-2)16-15-12(14)11-9-7-6-8-10-11/h6-10H,4-5H2,1-3H3. The average molecular weight is 222 g/mol. The van der Waals surface area contributed by atoms with Crippen LogP contribution in [0.4, 0.5) is 0 Å². The van der Waals surface area contributed by atoms with E-state index in [2.05, 4.69) is 0 Å². The van der Waals surface area contributed by atoms with E-state index in [0.29, 0.717) is 5.56 Å². The summed E-state index contributed by atoms with van der Waals surface area (Å²) < 4.78 is 0. The Morgan fingerprint density at radius 1 is 1.19 bits per heavy atom. The second-order valence-electron chi connectivity index (χ2n) is 3.98. The molecule has 0 heterocycles. The van der Waals surface area contributed by atoms with Gasteiger partial charge in [0.25, 0.3) is 0 Å². The maximum atomic E-state index is 11.6. The van der Waals surface area contributed by atoms with E-state index < -0.39 is 11.6 Å². The van der Waals surface area contributed by atoms with Crippen molar-refractivity contribution in [3.05, 3.63) is 35.9 Å². The largest absolute Gasteiger partial charge is 0.373 e. The van der Waals surface area contributed by atoms with Crippen LogP contribution in [0.1, 0.15) is 44.0 Å². The summed E-state index contributed by atoms with van der Waals surface area (Å²) in [5.41, 5.74) is 0.0989. The second kappa shape index (κ2) is 5.66. The van der Waals surface area contributed by atoms with Crippen molar-refractivity contribution < 1.29 is 14.6 Å². The predicted molar refractivity (Wildman–Crippen MR) is 61.9 cm³/mol. The molecule has 0 aromatic heterocycles. The maximum absolute atomic E-state index is 11.6. The summed E-state index contributed by atoms with van der Waals surface area (Å²) >= 11 is 0. The van der Waals surface area contributed by atoms with Crippen molar-refractivity contribution in [3.63, 3.8) is 0 Å². The van der Waals surface area contributed by atoms with E-state index in [1.807, 2.05) is 26.8 Å². The molecule has 0 fully saturated rings. The molecular formula is C13H18O3. The molecule has 3 heteroatoms. The first kappa shape index (κ1) is 12.7. The third kappa shape index (κ3) is 3.35. The highest BCUT2D eigenvalue weighted by Crippen LogP contribution is 2.20. The number of hydrogen-bond acceptors (Lipinski definition) is 3. The van der Waals surface area contributed by atoms with Crippen molar-refractivity contribution in [3.8, 4) is 0 Å². The van der Waals surface area contributed by atoms with Crippen molar-refractivity contribution in [1.29, 1.82) is 0 Å². The van der Waals surface area contributed by atoms with Crippen LogP contribution in [0, 0.1) is 0 Å². The lowest BCUT2D eigenvalue weighted by Gasteiger charge is -2.24. The zero-order valence-corrected chi connectivity index (χ0v) is 10.0. The van der Waals surface area contributed by atoms with Gasteiger partial charge in [-0.25, -0.2) is 4.79 Å². The highest BCUT2D eigenvalue weighted by molar-refractivity contribution is 5.88. The van der Waals surface area contributed by atoms with Crippen LogP contribution in [0.2, 0.25) is 0 Å². The van der Waals surface area contributed by atoms with Gasteiger partial charge < -0.3 is 0 Å². The third-order valence-corrected chi connectivity index (χ3v) is 2.82. The Morgan fingerprint density at radius 3 is 2.25 bits per heavy atom. The normalized spacial score (nSPS) is 11.2. The Hall–Kier alpha value is -1.35. The van der Waals surface area contributed by atoms with Crippen LogP contribution in [0.15, 0.2) is 30.3 Å². The SMILES string of the molecule is CCC(C)(CC)OOC(=O)c1ccccc1. The quantitative estimate of drug-likeness (QED) is 0.566. The van der Waals surface area contributed by atoms with Crippen LogP contribution < -0.4 is 0 Å². The summed E-state index contributed by atoms with van der Waals surface area (Å²) in [5.74, 6) is -0.450. The molecule has 0 saturated carbocycles. The first-order valence-corrected chi connectivity index (χ1v) is 5.56. The van der Waals surface area contributed by atoms with Gasteiger partial charge in [-0.1, -0.05) is 32.0 Å². The minimum absolute atomic E-state index is 0.398. The van der Waals surface area contributed by atoms with E-state index in [0.717, 1.165) is 12.8 Å². The summed E-state index contributed by atoms with van der Waals surface area (Å²) in [4.78, 5) is 21.6. The van der Waals surface area contributed by atoms with Crippen molar-refractivity contribution in [1.82, 2.24) is 0 Å². The smallest absolute Gasteiger partial charge is 0.292 e. The van der Waals surface area contributed by atoms with Crippen molar-refractivity contribution in [2.45, 2.75) is 39.2 Å². The minimum Gasteiger partial charge on any atom is -0.292 e. The van der Waals surface area contributed by atoms with Crippen LogP contribution >= 0.6 is 0 Å². The van der Waals surface area contributed by atoms with Crippen LogP contribution in [0.3, 0.4) is 0 Å². The molecule has 0 aliphatic carbocycles. The van der Waals surface area contributed by atoms with Gasteiger partial charge in [-0.3, -0.25) is 4.89 Å². The Balaban J connectivity index is 2.54. The monoisotopic (exact) mass is 222 g/mol. The fourth-order valence-corrected chi connectivity index (χ4v) is 1.13. The van der Waals surface area contributed by atoms with Gasteiger partial charge in [0, 0.05) is 0 Å². The van der Waals surface area contributed by atoms with Gasteiger partial charge in [0.15, 0.2) is 0 Å². The molecule has 88 valence electrons. The van der Waals surface area contributed by atoms with Gasteiger partial charge in [-0.05, 0) is 31.9 Å². The lowest BCUT2D eigenvalue weighted by Crippen LogP contribution is -2.28. The summed E-state index contributed by atoms with van der Waals surface area (Å²) in [6.07, 6.45) is 1.59. The van der Waals surface area contributed by atoms with E-state index in [9.17, 15) is 4.79 Å². The predicted octanol–water partition coefficient (Wildman–Crippen LogP) is 3.35. The lowest BCUT2D eigenvalue weighted by molar-refractivity contribution is -0.313. The highest BCUT2D eigenvalue weighted by atomic mass is 17.2. The number of hydrogen-bond donors (Lipinski definition) is 0. The molecule has 1 aromatic carbocycles. The molecule has 0 atom stereocenters. The Labute approximate surface area is 96.3 Å². The first-order valence-electron chi connectivity index (χ1n) is 5.56. The molecule has 0 amide bonds. The minimum atomic E-state index is -0.450. The van der Waals surface area contributed by atoms with Crippen LogP contribution in [0.25, 0.3) is 0 Å². The molecular weight excluding hydrogens is 204 g/mol. The van der Waals surface area contributed by atoms with Crippen LogP contribution in [-0.2, 0) is 9.78 Å². The fourth-order valence-electron chi connectivity index (χ4n) is 1.13. The van der Waals surface area contributed by atoms with E-state index in [1.54, 1.807) is 24.3 Å².